The highest BCUT2D eigenvalue weighted by Crippen LogP contribution is 2.36. The van der Waals surface area contributed by atoms with Gasteiger partial charge in [-0.1, -0.05) is 48.5 Å². The Kier molecular flexibility index (Phi) is 7.26. The maximum absolute atomic E-state index is 12.0. The van der Waals surface area contributed by atoms with Gasteiger partial charge in [-0.25, -0.2) is 8.42 Å². The van der Waals surface area contributed by atoms with Gasteiger partial charge in [-0.3, -0.25) is 4.55 Å². The first-order valence-electron chi connectivity index (χ1n) is 10.9. The van der Waals surface area contributed by atoms with Crippen LogP contribution in [0.15, 0.2) is 117 Å². The van der Waals surface area contributed by atoms with Crippen molar-refractivity contribution < 1.29 is 25.9 Å². The average molecular weight is 551 g/mol. The van der Waals surface area contributed by atoms with Gasteiger partial charge in [0, 0.05) is 22.1 Å². The number of nitrogens with zero attached hydrogens (tertiary/aromatic N) is 2. The minimum absolute atomic E-state index is 0. The number of hydrogen-bond donors (Lipinski definition) is 3. The minimum Gasteiger partial charge on any atom is -0.744 e. The smallest absolute Gasteiger partial charge is 0.294 e. The summed E-state index contributed by atoms with van der Waals surface area (Å²) >= 11 is 0. The third kappa shape index (κ3) is 5.54. The molecule has 0 amide bonds. The summed E-state index contributed by atoms with van der Waals surface area (Å²) in [6.07, 6.45) is 0. The van der Waals surface area contributed by atoms with Gasteiger partial charge in [-0.05, 0) is 59.3 Å². The third-order valence-electron chi connectivity index (χ3n) is 5.68. The molecule has 0 aliphatic rings. The molecule has 0 unspecified atom stereocenters. The normalized spacial score (nSPS) is 12.1. The molecule has 0 aromatic heterocycles. The van der Waals surface area contributed by atoms with Gasteiger partial charge >= 0.3 is 0 Å². The molecule has 0 radical (unpaired) electrons. The quantitative estimate of drug-likeness (QED) is 0.155. The predicted molar refractivity (Wildman–Crippen MR) is 146 cm³/mol. The number of quaternary nitrogens is 1. The zero-order valence-electron chi connectivity index (χ0n) is 19.9. The monoisotopic (exact) mass is 550 g/mol. The first-order valence-corrected chi connectivity index (χ1v) is 13.7. The molecule has 0 spiro atoms. The van der Waals surface area contributed by atoms with Gasteiger partial charge in [0.15, 0.2) is 0 Å². The number of para-hydroxylation sites is 1. The molecule has 12 heteroatoms. The molecule has 5 aromatic rings. The number of benzene rings is 5. The molecule has 0 atom stereocenters. The lowest BCUT2D eigenvalue weighted by molar-refractivity contribution is 0.463. The molecule has 6 N–H and O–H groups in total. The Balaban J connectivity index is 0.00000336. The second-order valence-corrected chi connectivity index (χ2v) is 10.9. The van der Waals surface area contributed by atoms with Gasteiger partial charge in [-0.15, -0.1) is 10.2 Å². The maximum Gasteiger partial charge on any atom is 0.294 e. The Morgan fingerprint density at radius 2 is 1.34 bits per heavy atom. The van der Waals surface area contributed by atoms with Crippen molar-refractivity contribution in [1.29, 1.82) is 0 Å². The molecule has 0 fully saturated rings. The first-order chi connectivity index (χ1) is 17.6. The Labute approximate surface area is 218 Å². The minimum atomic E-state index is -4.99. The third-order valence-corrected chi connectivity index (χ3v) is 7.39. The summed E-state index contributed by atoms with van der Waals surface area (Å²) in [5, 5.41) is 13.8. The summed E-state index contributed by atoms with van der Waals surface area (Å²) in [5.41, 5.74) is 1.99. The Hall–Kier alpha value is -4.20. The molecule has 5 rings (SSSR count). The fourth-order valence-electron chi connectivity index (χ4n) is 3.95. The van der Waals surface area contributed by atoms with Crippen LogP contribution in [0.3, 0.4) is 0 Å². The van der Waals surface area contributed by atoms with Gasteiger partial charge in [0.05, 0.1) is 15.5 Å². The molecule has 0 bridgehead atoms. The van der Waals surface area contributed by atoms with Crippen molar-refractivity contribution in [2.75, 3.05) is 5.32 Å². The van der Waals surface area contributed by atoms with E-state index in [4.69, 9.17) is 0 Å². The summed E-state index contributed by atoms with van der Waals surface area (Å²) in [6, 6.07) is 26.6. The van der Waals surface area contributed by atoms with Crippen LogP contribution in [0.25, 0.3) is 21.5 Å². The van der Waals surface area contributed by atoms with Gasteiger partial charge in [0.1, 0.15) is 15.8 Å². The van der Waals surface area contributed by atoms with Crippen molar-refractivity contribution in [1.82, 2.24) is 6.15 Å². The van der Waals surface area contributed by atoms with Gasteiger partial charge in [-0.2, -0.15) is 8.42 Å². The Morgan fingerprint density at radius 3 is 2.03 bits per heavy atom. The van der Waals surface area contributed by atoms with Crippen molar-refractivity contribution >= 4 is 64.5 Å². The van der Waals surface area contributed by atoms with Crippen LogP contribution >= 0.6 is 0 Å². The molecule has 0 aliphatic carbocycles. The van der Waals surface area contributed by atoms with Crippen LogP contribution in [0.4, 0.5) is 22.7 Å². The van der Waals surface area contributed by atoms with E-state index in [0.717, 1.165) is 40.3 Å². The molecule has 38 heavy (non-hydrogen) atoms. The van der Waals surface area contributed by atoms with Crippen molar-refractivity contribution in [3.05, 3.63) is 97.1 Å². The summed E-state index contributed by atoms with van der Waals surface area (Å²) in [5.74, 6) is 0. The predicted octanol–water partition coefficient (Wildman–Crippen LogP) is 6.68. The lowest BCUT2D eigenvalue weighted by Crippen LogP contribution is -2.00. The number of fused-ring (bicyclic) bond motifs is 2. The molecule has 0 saturated carbocycles. The van der Waals surface area contributed by atoms with Gasteiger partial charge in [0.2, 0.25) is 0 Å². The number of nitrogens with one attached hydrogen (secondary N) is 1. The molecule has 10 nitrogen and oxygen atoms in total. The average Bonchev–Trinajstić information content (AvgIpc) is 2.87. The molecule has 5 aromatic carbocycles. The van der Waals surface area contributed by atoms with E-state index in [-0.39, 0.29) is 17.2 Å². The molecular formula is C26H22N4O6S2. The van der Waals surface area contributed by atoms with Crippen molar-refractivity contribution in [2.45, 2.75) is 9.79 Å². The largest absolute Gasteiger partial charge is 0.744 e. The second kappa shape index (κ2) is 10.3. The zero-order valence-corrected chi connectivity index (χ0v) is 21.6. The number of hydrogen-bond acceptors (Lipinski definition) is 8. The van der Waals surface area contributed by atoms with Gasteiger partial charge < -0.3 is 16.0 Å². The summed E-state index contributed by atoms with van der Waals surface area (Å²) in [7, 11) is -9.51. The van der Waals surface area contributed by atoms with Gasteiger partial charge in [0.25, 0.3) is 10.1 Å². The molecular weight excluding hydrogens is 528 g/mol. The summed E-state index contributed by atoms with van der Waals surface area (Å²) in [4.78, 5) is -1.10. The van der Waals surface area contributed by atoms with Crippen LogP contribution in [0.2, 0.25) is 0 Å². The van der Waals surface area contributed by atoms with Crippen molar-refractivity contribution in [3.8, 4) is 0 Å². The lowest BCUT2D eigenvalue weighted by atomic mass is 10.1. The van der Waals surface area contributed by atoms with E-state index in [1.54, 1.807) is 6.07 Å². The van der Waals surface area contributed by atoms with Crippen molar-refractivity contribution in [3.63, 3.8) is 0 Å². The number of rotatable bonds is 6. The molecule has 0 aliphatic heterocycles. The van der Waals surface area contributed by atoms with E-state index in [1.165, 1.54) is 12.1 Å². The van der Waals surface area contributed by atoms with E-state index in [9.17, 15) is 25.9 Å². The maximum atomic E-state index is 12.0. The second-order valence-electron chi connectivity index (χ2n) is 8.13. The van der Waals surface area contributed by atoms with E-state index in [1.807, 2.05) is 60.7 Å². The van der Waals surface area contributed by atoms with Crippen LogP contribution in [-0.2, 0) is 20.2 Å². The highest BCUT2D eigenvalue weighted by Gasteiger charge is 2.15. The van der Waals surface area contributed by atoms with E-state index in [0.29, 0.717) is 11.1 Å². The molecule has 0 saturated heterocycles. The molecule has 194 valence electrons. The number of azo groups is 1. The van der Waals surface area contributed by atoms with Crippen LogP contribution < -0.4 is 11.5 Å². The van der Waals surface area contributed by atoms with Crippen LogP contribution in [0.1, 0.15) is 0 Å². The fourth-order valence-corrected chi connectivity index (χ4v) is 5.09. The number of anilines is 2. The Morgan fingerprint density at radius 1 is 0.684 bits per heavy atom. The Bertz CT molecular complexity index is 1910. The van der Waals surface area contributed by atoms with E-state index >= 15 is 0 Å². The SMILES string of the molecule is O=S(=O)([O-])c1cc2cc(S(=O)(=O)O)ccc2cc1N=Nc1ccc(Nc2ccccc2)c2ccccc12.[NH4+]. The zero-order chi connectivity index (χ0) is 26.2. The van der Waals surface area contributed by atoms with E-state index < -0.39 is 30.0 Å². The van der Waals surface area contributed by atoms with Crippen LogP contribution in [0, 0.1) is 0 Å². The van der Waals surface area contributed by atoms with Crippen LogP contribution in [-0.4, -0.2) is 25.9 Å². The highest BCUT2D eigenvalue weighted by atomic mass is 32.2. The van der Waals surface area contributed by atoms with E-state index in [2.05, 4.69) is 15.5 Å². The summed E-state index contributed by atoms with van der Waals surface area (Å²) in [6.45, 7) is 0. The standard InChI is InChI=1S/C26H19N3O6S2.H3N/c30-36(31,32)20-11-10-17-15-25(26(37(33,34)35)16-18(17)14-20)29-28-24-13-12-23(21-8-4-5-9-22(21)24)27-19-6-2-1-3-7-19;/h1-16,27H,(H,30,31,32)(H,33,34,35);1H3. The lowest BCUT2D eigenvalue weighted by Gasteiger charge is -2.13. The summed E-state index contributed by atoms with van der Waals surface area (Å²) < 4.78 is 68.2. The highest BCUT2D eigenvalue weighted by molar-refractivity contribution is 7.86. The topological polar surface area (TPSA) is 185 Å². The fraction of sp³-hybridized carbons (Fsp3) is 0. The molecule has 0 heterocycles. The van der Waals surface area contributed by atoms with Crippen LogP contribution in [0.5, 0.6) is 0 Å². The first kappa shape index (κ1) is 26.9. The van der Waals surface area contributed by atoms with Crippen molar-refractivity contribution in [2.24, 2.45) is 10.2 Å².